The maximum atomic E-state index is 13.0. The zero-order valence-electron chi connectivity index (χ0n) is 15.9. The number of hydrazone groups is 1. The number of rotatable bonds is 5. The summed E-state index contributed by atoms with van der Waals surface area (Å²) in [6, 6.07) is 9.06. The van der Waals surface area contributed by atoms with Crippen LogP contribution in [0.25, 0.3) is 0 Å². The third kappa shape index (κ3) is 5.87. The Morgan fingerprint density at radius 3 is 2.39 bits per heavy atom. The van der Waals surface area contributed by atoms with Crippen LogP contribution in [0.2, 0.25) is 0 Å². The van der Waals surface area contributed by atoms with Gasteiger partial charge in [-0.1, -0.05) is 6.07 Å². The van der Waals surface area contributed by atoms with Gasteiger partial charge in [0.25, 0.3) is 5.91 Å². The summed E-state index contributed by atoms with van der Waals surface area (Å²) in [5.74, 6) is -2.40. The van der Waals surface area contributed by atoms with E-state index in [1.54, 1.807) is 0 Å². The topological polar surface area (TPSA) is 90.9 Å². The second-order valence-corrected chi connectivity index (χ2v) is 6.59. The fraction of sp³-hybridized carbons (Fsp3) is 0.200. The Morgan fingerprint density at radius 2 is 1.71 bits per heavy atom. The Balaban J connectivity index is 1.65. The number of anilines is 2. The molecule has 0 radical (unpaired) electrons. The summed E-state index contributed by atoms with van der Waals surface area (Å²) < 4.78 is 51.3. The summed E-state index contributed by atoms with van der Waals surface area (Å²) in [4.78, 5) is 36.6. The molecule has 7 nitrogen and oxygen atoms in total. The first kappa shape index (κ1) is 21.9. The molecule has 1 aliphatic heterocycles. The predicted octanol–water partition coefficient (Wildman–Crippen LogP) is 3.40. The first-order valence-electron chi connectivity index (χ1n) is 9.04. The van der Waals surface area contributed by atoms with Gasteiger partial charge >= 0.3 is 6.18 Å². The van der Waals surface area contributed by atoms with Crippen molar-refractivity contribution < 1.29 is 31.9 Å². The average Bonchev–Trinajstić information content (AvgIpc) is 2.71. The number of hydrogen-bond acceptors (Lipinski definition) is 4. The average molecular weight is 436 g/mol. The van der Waals surface area contributed by atoms with Crippen LogP contribution in [0, 0.1) is 5.82 Å². The highest BCUT2D eigenvalue weighted by Gasteiger charge is 2.31. The van der Waals surface area contributed by atoms with E-state index in [4.69, 9.17) is 0 Å². The van der Waals surface area contributed by atoms with Crippen LogP contribution >= 0.6 is 0 Å². The quantitative estimate of drug-likeness (QED) is 0.704. The third-order valence-corrected chi connectivity index (χ3v) is 4.24. The van der Waals surface area contributed by atoms with Gasteiger partial charge in [0.15, 0.2) is 0 Å². The summed E-state index contributed by atoms with van der Waals surface area (Å²) >= 11 is 0. The number of nitrogens with zero attached hydrogens (tertiary/aromatic N) is 2. The number of benzene rings is 2. The van der Waals surface area contributed by atoms with E-state index in [-0.39, 0.29) is 24.2 Å². The van der Waals surface area contributed by atoms with Gasteiger partial charge in [0.05, 0.1) is 5.56 Å². The van der Waals surface area contributed by atoms with Crippen LogP contribution in [0.3, 0.4) is 0 Å². The molecule has 11 heteroatoms. The van der Waals surface area contributed by atoms with Crippen molar-refractivity contribution in [2.24, 2.45) is 5.10 Å². The molecule has 3 amide bonds. The van der Waals surface area contributed by atoms with Crippen LogP contribution in [0.4, 0.5) is 28.9 Å². The highest BCUT2D eigenvalue weighted by atomic mass is 19.4. The zero-order chi connectivity index (χ0) is 22.6. The molecule has 0 aromatic heterocycles. The Kier molecular flexibility index (Phi) is 6.33. The highest BCUT2D eigenvalue weighted by Crippen LogP contribution is 2.30. The molecule has 1 aliphatic rings. The largest absolute Gasteiger partial charge is 0.416 e. The minimum absolute atomic E-state index is 0.0178. The molecule has 1 heterocycles. The van der Waals surface area contributed by atoms with Crippen LogP contribution in [0.5, 0.6) is 0 Å². The molecule has 0 saturated heterocycles. The number of nitrogens with one attached hydrogen (secondary N) is 2. The number of carbonyl (C=O) groups excluding carboxylic acids is 3. The van der Waals surface area contributed by atoms with Crippen LogP contribution in [0.15, 0.2) is 53.6 Å². The zero-order valence-corrected chi connectivity index (χ0v) is 15.9. The first-order chi connectivity index (χ1) is 14.6. The molecule has 0 bridgehead atoms. The second kappa shape index (κ2) is 8.94. The summed E-state index contributed by atoms with van der Waals surface area (Å²) in [6.45, 7) is -0.581. The van der Waals surface area contributed by atoms with Crippen molar-refractivity contribution in [3.63, 3.8) is 0 Å². The molecule has 2 N–H and O–H groups in total. The molecule has 2 aromatic rings. The van der Waals surface area contributed by atoms with Crippen molar-refractivity contribution in [1.29, 1.82) is 0 Å². The Bertz CT molecular complexity index is 1040. The molecular weight excluding hydrogens is 420 g/mol. The van der Waals surface area contributed by atoms with Crippen LogP contribution in [0.1, 0.15) is 18.4 Å². The van der Waals surface area contributed by atoms with E-state index < -0.39 is 41.8 Å². The monoisotopic (exact) mass is 436 g/mol. The lowest BCUT2D eigenvalue weighted by Gasteiger charge is -2.22. The van der Waals surface area contributed by atoms with Gasteiger partial charge in [0.1, 0.15) is 18.1 Å². The summed E-state index contributed by atoms with van der Waals surface area (Å²) in [5, 5.41) is 9.45. The van der Waals surface area contributed by atoms with Gasteiger partial charge in [0.2, 0.25) is 11.8 Å². The molecule has 3 rings (SSSR count). The number of carbonyl (C=O) groups is 3. The SMILES string of the molecule is O=C(CN1N=C(C(=O)Nc2ccc(F)cc2)CCC1=O)Nc1cccc(C(F)(F)F)c1. The van der Waals surface area contributed by atoms with Gasteiger partial charge in [-0.3, -0.25) is 14.4 Å². The lowest BCUT2D eigenvalue weighted by Crippen LogP contribution is -2.40. The fourth-order valence-electron chi connectivity index (χ4n) is 2.73. The molecule has 162 valence electrons. The maximum absolute atomic E-state index is 13.0. The third-order valence-electron chi connectivity index (χ3n) is 4.24. The molecule has 0 saturated carbocycles. The number of amides is 3. The van der Waals surface area contributed by atoms with E-state index >= 15 is 0 Å². The standard InChI is InChI=1S/C20H16F4N4O3/c21-13-4-6-14(7-5-13)26-19(31)16-8-9-18(30)28(27-16)11-17(29)25-15-3-1-2-12(10-15)20(22,23)24/h1-7,10H,8-9,11H2,(H,25,29)(H,26,31). The van der Waals surface area contributed by atoms with E-state index in [1.165, 1.54) is 18.2 Å². The number of alkyl halides is 3. The predicted molar refractivity (Wildman–Crippen MR) is 103 cm³/mol. The van der Waals surface area contributed by atoms with E-state index in [9.17, 15) is 31.9 Å². The molecule has 0 aliphatic carbocycles. The molecule has 0 spiro atoms. The van der Waals surface area contributed by atoms with Gasteiger partial charge < -0.3 is 10.6 Å². The normalized spacial score (nSPS) is 14.1. The minimum Gasteiger partial charge on any atom is -0.324 e. The van der Waals surface area contributed by atoms with Gasteiger partial charge in [-0.05, 0) is 42.5 Å². The lowest BCUT2D eigenvalue weighted by molar-refractivity contribution is -0.137. The van der Waals surface area contributed by atoms with Crippen molar-refractivity contribution in [1.82, 2.24) is 5.01 Å². The Hall–Kier alpha value is -3.76. The minimum atomic E-state index is -4.57. The molecular formula is C20H16F4N4O3. The van der Waals surface area contributed by atoms with Crippen molar-refractivity contribution >= 4 is 34.8 Å². The van der Waals surface area contributed by atoms with Gasteiger partial charge in [0, 0.05) is 24.2 Å². The van der Waals surface area contributed by atoms with E-state index in [2.05, 4.69) is 15.7 Å². The maximum Gasteiger partial charge on any atom is 0.416 e. The summed E-state index contributed by atoms with van der Waals surface area (Å²) in [6.07, 6.45) is -4.61. The molecule has 0 unspecified atom stereocenters. The van der Waals surface area contributed by atoms with Crippen molar-refractivity contribution in [3.8, 4) is 0 Å². The van der Waals surface area contributed by atoms with E-state index in [0.717, 1.165) is 35.3 Å². The Labute approximate surface area is 173 Å². The molecule has 31 heavy (non-hydrogen) atoms. The molecule has 2 aromatic carbocycles. The van der Waals surface area contributed by atoms with Gasteiger partial charge in [-0.25, -0.2) is 9.40 Å². The Morgan fingerprint density at radius 1 is 1.00 bits per heavy atom. The lowest BCUT2D eigenvalue weighted by atomic mass is 10.1. The van der Waals surface area contributed by atoms with Crippen LogP contribution < -0.4 is 10.6 Å². The van der Waals surface area contributed by atoms with Crippen LogP contribution in [-0.2, 0) is 20.6 Å². The van der Waals surface area contributed by atoms with Crippen molar-refractivity contribution in [3.05, 3.63) is 59.9 Å². The smallest absolute Gasteiger partial charge is 0.324 e. The highest BCUT2D eigenvalue weighted by molar-refractivity contribution is 6.43. The first-order valence-corrected chi connectivity index (χ1v) is 9.04. The number of halogens is 4. The van der Waals surface area contributed by atoms with Crippen molar-refractivity contribution in [2.75, 3.05) is 17.2 Å². The summed E-state index contributed by atoms with van der Waals surface area (Å²) in [5.41, 5.74) is -0.727. The molecule has 0 fully saturated rings. The van der Waals surface area contributed by atoms with Gasteiger partial charge in [-0.2, -0.15) is 18.3 Å². The van der Waals surface area contributed by atoms with Gasteiger partial charge in [-0.15, -0.1) is 0 Å². The number of hydrogen-bond donors (Lipinski definition) is 2. The fourth-order valence-corrected chi connectivity index (χ4v) is 2.73. The van der Waals surface area contributed by atoms with Crippen molar-refractivity contribution in [2.45, 2.75) is 19.0 Å². The van der Waals surface area contributed by atoms with Crippen LogP contribution in [-0.4, -0.2) is 35.0 Å². The van der Waals surface area contributed by atoms with E-state index in [0.29, 0.717) is 5.69 Å². The summed E-state index contributed by atoms with van der Waals surface area (Å²) in [7, 11) is 0. The van der Waals surface area contributed by atoms with E-state index in [1.807, 2.05) is 0 Å². The second-order valence-electron chi connectivity index (χ2n) is 6.59. The molecule has 0 atom stereocenters.